The van der Waals surface area contributed by atoms with E-state index in [-0.39, 0.29) is 22.2 Å². The summed E-state index contributed by atoms with van der Waals surface area (Å²) in [5, 5.41) is 0.0316. The number of hydrogen-bond acceptors (Lipinski definition) is 3. The lowest BCUT2D eigenvalue weighted by molar-refractivity contribution is 0.101. The molecule has 2 aromatic rings. The molecule has 0 saturated heterocycles. The van der Waals surface area contributed by atoms with E-state index in [4.69, 9.17) is 11.6 Å². The minimum atomic E-state index is -3.73. The molecule has 0 aliphatic rings. The van der Waals surface area contributed by atoms with Gasteiger partial charge in [0.1, 0.15) is 4.90 Å². The van der Waals surface area contributed by atoms with Crippen molar-refractivity contribution in [1.82, 2.24) is 4.72 Å². The number of carbonyl (C=O) groups excluding carboxylic acids is 1. The van der Waals surface area contributed by atoms with Crippen molar-refractivity contribution in [3.05, 3.63) is 64.2 Å². The van der Waals surface area contributed by atoms with Gasteiger partial charge in [-0.25, -0.2) is 13.1 Å². The van der Waals surface area contributed by atoms with Gasteiger partial charge < -0.3 is 0 Å². The molecule has 1 N–H and O–H groups in total. The van der Waals surface area contributed by atoms with Gasteiger partial charge in [-0.15, -0.1) is 0 Å². The molecule has 0 bridgehead atoms. The molecule has 22 heavy (non-hydrogen) atoms. The highest BCUT2D eigenvalue weighted by Gasteiger charge is 2.18. The summed E-state index contributed by atoms with van der Waals surface area (Å²) in [6.45, 7) is 3.53. The number of aryl methyl sites for hydroxylation is 1. The molecule has 0 spiro atoms. The van der Waals surface area contributed by atoms with Gasteiger partial charge in [0.05, 0.1) is 5.02 Å². The molecule has 2 rings (SSSR count). The third kappa shape index (κ3) is 3.94. The van der Waals surface area contributed by atoms with Crippen LogP contribution in [-0.2, 0) is 16.6 Å². The summed E-state index contributed by atoms with van der Waals surface area (Å²) >= 11 is 5.99. The molecule has 0 unspecified atom stereocenters. The minimum Gasteiger partial charge on any atom is -0.295 e. The molecule has 116 valence electrons. The molecule has 0 amide bonds. The maximum atomic E-state index is 12.3. The van der Waals surface area contributed by atoms with Gasteiger partial charge in [0.25, 0.3) is 0 Å². The highest BCUT2D eigenvalue weighted by molar-refractivity contribution is 7.89. The van der Waals surface area contributed by atoms with Crippen LogP contribution in [-0.4, -0.2) is 14.2 Å². The second-order valence-electron chi connectivity index (χ2n) is 5.01. The molecule has 0 saturated carbocycles. The Hall–Kier alpha value is -1.69. The number of rotatable bonds is 5. The zero-order chi connectivity index (χ0) is 16.3. The van der Waals surface area contributed by atoms with Crippen molar-refractivity contribution in [2.75, 3.05) is 0 Å². The van der Waals surface area contributed by atoms with E-state index in [0.29, 0.717) is 5.56 Å². The molecule has 0 aliphatic heterocycles. The van der Waals surface area contributed by atoms with E-state index in [1.165, 1.54) is 25.1 Å². The fourth-order valence-corrected chi connectivity index (χ4v) is 3.46. The van der Waals surface area contributed by atoms with Gasteiger partial charge in [-0.3, -0.25) is 4.79 Å². The quantitative estimate of drug-likeness (QED) is 0.851. The number of Topliss-reactive ketones (excluding diaryl/α,β-unsaturated/α-hetero) is 1. The lowest BCUT2D eigenvalue weighted by Gasteiger charge is -2.09. The van der Waals surface area contributed by atoms with Crippen LogP contribution in [0.25, 0.3) is 0 Å². The first-order valence-electron chi connectivity index (χ1n) is 6.65. The van der Waals surface area contributed by atoms with E-state index in [1.807, 2.05) is 31.2 Å². The zero-order valence-corrected chi connectivity index (χ0v) is 13.8. The normalized spacial score (nSPS) is 11.4. The molecule has 0 atom stereocenters. The Morgan fingerprint density at radius 1 is 1.14 bits per heavy atom. The summed E-state index contributed by atoms with van der Waals surface area (Å²) < 4.78 is 27.1. The van der Waals surface area contributed by atoms with Crippen LogP contribution in [0.5, 0.6) is 0 Å². The zero-order valence-electron chi connectivity index (χ0n) is 12.3. The van der Waals surface area contributed by atoms with E-state index in [2.05, 4.69) is 4.72 Å². The third-order valence-electron chi connectivity index (χ3n) is 3.21. The number of ketones is 1. The summed E-state index contributed by atoms with van der Waals surface area (Å²) in [4.78, 5) is 11.2. The van der Waals surface area contributed by atoms with Crippen molar-refractivity contribution in [3.63, 3.8) is 0 Å². The molecule has 0 fully saturated rings. The number of hydrogen-bond donors (Lipinski definition) is 1. The number of halogens is 1. The second-order valence-corrected chi connectivity index (χ2v) is 7.15. The first-order chi connectivity index (χ1) is 10.3. The van der Waals surface area contributed by atoms with Crippen molar-refractivity contribution in [2.45, 2.75) is 25.3 Å². The van der Waals surface area contributed by atoms with Crippen molar-refractivity contribution in [3.8, 4) is 0 Å². The number of nitrogens with one attached hydrogen (secondary N) is 1. The lowest BCUT2D eigenvalue weighted by Crippen LogP contribution is -2.23. The molecule has 2 aromatic carbocycles. The van der Waals surface area contributed by atoms with Crippen molar-refractivity contribution >= 4 is 27.4 Å². The predicted octanol–water partition coefficient (Wildman–Crippen LogP) is 3.33. The Balaban J connectivity index is 2.20. The van der Waals surface area contributed by atoms with Gasteiger partial charge in [0, 0.05) is 12.1 Å². The lowest BCUT2D eigenvalue weighted by atomic mass is 10.1. The van der Waals surface area contributed by atoms with Crippen LogP contribution < -0.4 is 4.72 Å². The van der Waals surface area contributed by atoms with Gasteiger partial charge in [0.2, 0.25) is 10.0 Å². The van der Waals surface area contributed by atoms with E-state index in [9.17, 15) is 13.2 Å². The number of benzene rings is 2. The molecule has 0 heterocycles. The Morgan fingerprint density at radius 2 is 1.77 bits per heavy atom. The molecule has 6 heteroatoms. The fraction of sp³-hybridized carbons (Fsp3) is 0.188. The summed E-state index contributed by atoms with van der Waals surface area (Å²) in [5.41, 5.74) is 2.34. The van der Waals surface area contributed by atoms with Crippen molar-refractivity contribution in [1.29, 1.82) is 0 Å². The Kier molecular flexibility index (Phi) is 5.01. The largest absolute Gasteiger partial charge is 0.295 e. The maximum absolute atomic E-state index is 12.3. The highest BCUT2D eigenvalue weighted by Crippen LogP contribution is 2.23. The Morgan fingerprint density at radius 3 is 2.32 bits per heavy atom. The highest BCUT2D eigenvalue weighted by atomic mass is 35.5. The average molecular weight is 338 g/mol. The van der Waals surface area contributed by atoms with E-state index in [0.717, 1.165) is 11.1 Å². The van der Waals surface area contributed by atoms with Crippen LogP contribution in [0.2, 0.25) is 5.02 Å². The number of carbonyl (C=O) groups is 1. The van der Waals surface area contributed by atoms with Gasteiger partial charge in [-0.05, 0) is 37.6 Å². The first kappa shape index (κ1) is 16.7. The maximum Gasteiger partial charge on any atom is 0.242 e. The molecule has 0 radical (unpaired) electrons. The second kappa shape index (κ2) is 6.60. The smallest absolute Gasteiger partial charge is 0.242 e. The summed E-state index contributed by atoms with van der Waals surface area (Å²) in [6, 6.07) is 11.7. The standard InChI is InChI=1S/C16H16ClNO3S/c1-11-3-5-13(6-4-11)10-18-22(20,21)16-8-7-14(12(2)19)9-15(16)17/h3-9,18H,10H2,1-2H3. The summed E-state index contributed by atoms with van der Waals surface area (Å²) in [6.07, 6.45) is 0. The van der Waals surface area contributed by atoms with E-state index in [1.54, 1.807) is 0 Å². The van der Waals surface area contributed by atoms with E-state index < -0.39 is 10.0 Å². The van der Waals surface area contributed by atoms with Gasteiger partial charge in [0.15, 0.2) is 5.78 Å². The number of sulfonamides is 1. The van der Waals surface area contributed by atoms with Crippen molar-refractivity contribution < 1.29 is 13.2 Å². The third-order valence-corrected chi connectivity index (χ3v) is 5.10. The molecule has 4 nitrogen and oxygen atoms in total. The molecular weight excluding hydrogens is 322 g/mol. The topological polar surface area (TPSA) is 63.2 Å². The van der Waals surface area contributed by atoms with Crippen LogP contribution >= 0.6 is 11.6 Å². The average Bonchev–Trinajstić information content (AvgIpc) is 2.46. The minimum absolute atomic E-state index is 0.0316. The Labute approximate surface area is 135 Å². The molecule has 0 aliphatic carbocycles. The fourth-order valence-electron chi connectivity index (χ4n) is 1.90. The first-order valence-corrected chi connectivity index (χ1v) is 8.51. The van der Waals surface area contributed by atoms with Gasteiger partial charge >= 0.3 is 0 Å². The Bertz CT molecular complexity index is 799. The monoisotopic (exact) mass is 337 g/mol. The van der Waals surface area contributed by atoms with Crippen LogP contribution in [0.4, 0.5) is 0 Å². The molecule has 0 aromatic heterocycles. The SMILES string of the molecule is CC(=O)c1ccc(S(=O)(=O)NCc2ccc(C)cc2)c(Cl)c1. The van der Waals surface area contributed by atoms with Crippen LogP contribution in [0, 0.1) is 6.92 Å². The van der Waals surface area contributed by atoms with Gasteiger partial charge in [-0.1, -0.05) is 41.4 Å². The van der Waals surface area contributed by atoms with Crippen molar-refractivity contribution in [2.24, 2.45) is 0 Å². The van der Waals surface area contributed by atoms with Gasteiger partial charge in [-0.2, -0.15) is 0 Å². The summed E-state index contributed by atoms with van der Waals surface area (Å²) in [7, 11) is -3.73. The van der Waals surface area contributed by atoms with Crippen LogP contribution in [0.1, 0.15) is 28.4 Å². The summed E-state index contributed by atoms with van der Waals surface area (Å²) in [5.74, 6) is -0.168. The van der Waals surface area contributed by atoms with E-state index >= 15 is 0 Å². The molecular formula is C16H16ClNO3S. The van der Waals surface area contributed by atoms with Crippen LogP contribution in [0.15, 0.2) is 47.4 Å². The predicted molar refractivity (Wildman–Crippen MR) is 86.7 cm³/mol. The van der Waals surface area contributed by atoms with Crippen LogP contribution in [0.3, 0.4) is 0 Å².